The van der Waals surface area contributed by atoms with Crippen molar-refractivity contribution in [3.05, 3.63) is 22.8 Å². The number of hydrogen-bond donors (Lipinski definition) is 1. The molecule has 1 N–H and O–H groups in total. The largest absolute Gasteiger partial charge is 0.356 e. The van der Waals surface area contributed by atoms with Gasteiger partial charge in [0.15, 0.2) is 0 Å². The van der Waals surface area contributed by atoms with Crippen molar-refractivity contribution in [1.29, 1.82) is 0 Å². The van der Waals surface area contributed by atoms with Gasteiger partial charge in [-0.15, -0.1) is 0 Å². The van der Waals surface area contributed by atoms with Crippen LogP contribution in [0.2, 0.25) is 5.02 Å². The number of hydrogen-bond acceptors (Lipinski definition) is 4. The molecular weight excluding hydrogens is 278 g/mol. The first-order valence-electron chi connectivity index (χ1n) is 6.89. The first kappa shape index (κ1) is 14.9. The Morgan fingerprint density at radius 3 is 3.05 bits per heavy atom. The standard InChI is InChI=1S/C14H22ClN3S/c1-3-7-16-9-13-12(15)4-5-14(17-13)18(2)11-6-8-19-10-11/h4-5,11,16H,3,6-10H2,1-2H3. The zero-order chi connectivity index (χ0) is 13.7. The summed E-state index contributed by atoms with van der Waals surface area (Å²) in [5, 5.41) is 4.11. The zero-order valence-corrected chi connectivity index (χ0v) is 13.2. The molecule has 2 rings (SSSR count). The van der Waals surface area contributed by atoms with Crippen LogP contribution in [0.15, 0.2) is 12.1 Å². The average molecular weight is 300 g/mol. The summed E-state index contributed by atoms with van der Waals surface area (Å²) in [7, 11) is 2.13. The lowest BCUT2D eigenvalue weighted by Gasteiger charge is -2.25. The summed E-state index contributed by atoms with van der Waals surface area (Å²) in [4.78, 5) is 7.00. The Morgan fingerprint density at radius 1 is 1.53 bits per heavy atom. The molecule has 106 valence electrons. The third kappa shape index (κ3) is 4.01. The van der Waals surface area contributed by atoms with Crippen molar-refractivity contribution in [2.45, 2.75) is 32.4 Å². The number of nitrogens with one attached hydrogen (secondary N) is 1. The van der Waals surface area contributed by atoms with E-state index in [4.69, 9.17) is 16.6 Å². The maximum Gasteiger partial charge on any atom is 0.128 e. The monoisotopic (exact) mass is 299 g/mol. The normalized spacial score (nSPS) is 18.8. The quantitative estimate of drug-likeness (QED) is 0.817. The molecule has 1 unspecified atom stereocenters. The molecule has 1 saturated heterocycles. The Hall–Kier alpha value is -0.450. The highest BCUT2D eigenvalue weighted by atomic mass is 35.5. The summed E-state index contributed by atoms with van der Waals surface area (Å²) < 4.78 is 0. The van der Waals surface area contributed by atoms with Crippen LogP contribution >= 0.6 is 23.4 Å². The van der Waals surface area contributed by atoms with E-state index < -0.39 is 0 Å². The van der Waals surface area contributed by atoms with Crippen LogP contribution in [-0.2, 0) is 6.54 Å². The zero-order valence-electron chi connectivity index (χ0n) is 11.7. The van der Waals surface area contributed by atoms with Gasteiger partial charge in [-0.1, -0.05) is 18.5 Å². The van der Waals surface area contributed by atoms with Gasteiger partial charge in [-0.3, -0.25) is 0 Å². The molecule has 0 radical (unpaired) electrons. The molecule has 0 aromatic carbocycles. The first-order valence-corrected chi connectivity index (χ1v) is 8.42. The van der Waals surface area contributed by atoms with Gasteiger partial charge in [0.1, 0.15) is 5.82 Å². The molecule has 1 fully saturated rings. The molecule has 1 atom stereocenters. The lowest BCUT2D eigenvalue weighted by atomic mass is 10.2. The van der Waals surface area contributed by atoms with Gasteiger partial charge in [-0.25, -0.2) is 4.98 Å². The summed E-state index contributed by atoms with van der Waals surface area (Å²) in [6.45, 7) is 3.90. The number of anilines is 1. The Morgan fingerprint density at radius 2 is 2.37 bits per heavy atom. The molecule has 0 amide bonds. The second-order valence-electron chi connectivity index (χ2n) is 4.90. The van der Waals surface area contributed by atoms with E-state index in [0.717, 1.165) is 36.0 Å². The van der Waals surface area contributed by atoms with E-state index in [2.05, 4.69) is 24.2 Å². The molecule has 19 heavy (non-hydrogen) atoms. The molecule has 0 bridgehead atoms. The van der Waals surface area contributed by atoms with Gasteiger partial charge in [0.05, 0.1) is 10.7 Å². The molecular formula is C14H22ClN3S. The highest BCUT2D eigenvalue weighted by molar-refractivity contribution is 7.99. The summed E-state index contributed by atoms with van der Waals surface area (Å²) in [5.74, 6) is 3.49. The molecule has 2 heterocycles. The minimum absolute atomic E-state index is 0.607. The molecule has 3 nitrogen and oxygen atoms in total. The van der Waals surface area contributed by atoms with Crippen LogP contribution in [0.25, 0.3) is 0 Å². The minimum Gasteiger partial charge on any atom is -0.356 e. The number of nitrogens with zero attached hydrogens (tertiary/aromatic N) is 2. The number of aromatic nitrogens is 1. The van der Waals surface area contributed by atoms with E-state index >= 15 is 0 Å². The molecule has 1 aromatic heterocycles. The van der Waals surface area contributed by atoms with Crippen molar-refractivity contribution in [2.24, 2.45) is 0 Å². The van der Waals surface area contributed by atoms with Crippen LogP contribution in [0.4, 0.5) is 5.82 Å². The fourth-order valence-corrected chi connectivity index (χ4v) is 3.63. The Kier molecular flexibility index (Phi) is 5.79. The highest BCUT2D eigenvalue weighted by Crippen LogP contribution is 2.26. The predicted molar refractivity (Wildman–Crippen MR) is 85.4 cm³/mol. The number of pyridine rings is 1. The van der Waals surface area contributed by atoms with Crippen molar-refractivity contribution in [2.75, 3.05) is 30.0 Å². The van der Waals surface area contributed by atoms with Gasteiger partial charge in [-0.05, 0) is 37.3 Å². The number of thioether (sulfide) groups is 1. The van der Waals surface area contributed by atoms with Gasteiger partial charge in [0.25, 0.3) is 0 Å². The van der Waals surface area contributed by atoms with E-state index in [-0.39, 0.29) is 0 Å². The minimum atomic E-state index is 0.607. The average Bonchev–Trinajstić information content (AvgIpc) is 2.94. The van der Waals surface area contributed by atoms with Gasteiger partial charge < -0.3 is 10.2 Å². The Bertz CT molecular complexity index is 408. The van der Waals surface area contributed by atoms with Crippen LogP contribution in [0.5, 0.6) is 0 Å². The Balaban J connectivity index is 2.06. The first-order chi connectivity index (χ1) is 9.22. The molecule has 0 saturated carbocycles. The number of halogens is 1. The molecule has 5 heteroatoms. The van der Waals surface area contributed by atoms with Crippen LogP contribution in [0.3, 0.4) is 0 Å². The van der Waals surface area contributed by atoms with Gasteiger partial charge >= 0.3 is 0 Å². The Labute approximate surface area is 125 Å². The third-order valence-corrected chi connectivity index (χ3v) is 4.93. The topological polar surface area (TPSA) is 28.2 Å². The number of rotatable bonds is 6. The summed E-state index contributed by atoms with van der Waals surface area (Å²) in [6.07, 6.45) is 2.37. The summed E-state index contributed by atoms with van der Waals surface area (Å²) in [5.41, 5.74) is 0.949. The van der Waals surface area contributed by atoms with Crippen molar-refractivity contribution in [3.63, 3.8) is 0 Å². The van der Waals surface area contributed by atoms with Crippen LogP contribution in [0.1, 0.15) is 25.5 Å². The van der Waals surface area contributed by atoms with Gasteiger partial charge in [0.2, 0.25) is 0 Å². The van der Waals surface area contributed by atoms with Crippen molar-refractivity contribution in [1.82, 2.24) is 10.3 Å². The summed E-state index contributed by atoms with van der Waals surface area (Å²) >= 11 is 8.24. The van der Waals surface area contributed by atoms with E-state index in [1.54, 1.807) is 0 Å². The molecule has 1 aromatic rings. The van der Waals surface area contributed by atoms with E-state index in [0.29, 0.717) is 6.04 Å². The van der Waals surface area contributed by atoms with Crippen molar-refractivity contribution < 1.29 is 0 Å². The smallest absolute Gasteiger partial charge is 0.128 e. The van der Waals surface area contributed by atoms with Gasteiger partial charge in [0, 0.05) is 25.4 Å². The summed E-state index contributed by atoms with van der Waals surface area (Å²) in [6, 6.07) is 4.59. The molecule has 1 aliphatic rings. The van der Waals surface area contributed by atoms with E-state index in [1.165, 1.54) is 17.9 Å². The predicted octanol–water partition coefficient (Wildman–Crippen LogP) is 3.18. The van der Waals surface area contributed by atoms with E-state index in [9.17, 15) is 0 Å². The maximum atomic E-state index is 6.21. The fourth-order valence-electron chi connectivity index (χ4n) is 2.19. The molecule has 1 aliphatic heterocycles. The van der Waals surface area contributed by atoms with Crippen molar-refractivity contribution >= 4 is 29.2 Å². The van der Waals surface area contributed by atoms with Crippen LogP contribution < -0.4 is 10.2 Å². The van der Waals surface area contributed by atoms with Crippen molar-refractivity contribution in [3.8, 4) is 0 Å². The lowest BCUT2D eigenvalue weighted by molar-refractivity contribution is 0.657. The van der Waals surface area contributed by atoms with Gasteiger partial charge in [-0.2, -0.15) is 11.8 Å². The third-order valence-electron chi connectivity index (χ3n) is 3.44. The highest BCUT2D eigenvalue weighted by Gasteiger charge is 2.21. The maximum absolute atomic E-state index is 6.21. The van der Waals surface area contributed by atoms with E-state index in [1.807, 2.05) is 23.9 Å². The molecule has 0 spiro atoms. The van der Waals surface area contributed by atoms with Crippen LogP contribution in [-0.4, -0.2) is 36.1 Å². The lowest BCUT2D eigenvalue weighted by Crippen LogP contribution is -2.32. The fraction of sp³-hybridized carbons (Fsp3) is 0.643. The second kappa shape index (κ2) is 7.36. The van der Waals surface area contributed by atoms with Crippen LogP contribution in [0, 0.1) is 0 Å². The molecule has 0 aliphatic carbocycles. The second-order valence-corrected chi connectivity index (χ2v) is 6.46. The SMILES string of the molecule is CCCNCc1nc(N(C)C2CCSC2)ccc1Cl.